The van der Waals surface area contributed by atoms with E-state index in [0.29, 0.717) is 12.3 Å². The highest BCUT2D eigenvalue weighted by Gasteiger charge is 2.27. The third-order valence-corrected chi connectivity index (χ3v) is 3.08. The van der Waals surface area contributed by atoms with Gasteiger partial charge in [0.25, 0.3) is 5.91 Å². The molecule has 0 radical (unpaired) electrons. The summed E-state index contributed by atoms with van der Waals surface area (Å²) in [4.78, 5) is 35.1. The van der Waals surface area contributed by atoms with Gasteiger partial charge < -0.3 is 10.6 Å². The molecule has 0 bridgehead atoms. The van der Waals surface area contributed by atoms with Crippen LogP contribution in [0.2, 0.25) is 0 Å². The molecule has 7 heteroatoms. The Balaban J connectivity index is 4.48. The Labute approximate surface area is 126 Å². The lowest BCUT2D eigenvalue weighted by Crippen LogP contribution is -2.53. The number of hydrogen-bond acceptors (Lipinski definition) is 4. The summed E-state index contributed by atoms with van der Waals surface area (Å²) in [6.45, 7) is 7.58. The smallest absolute Gasteiger partial charge is 0.349 e. The summed E-state index contributed by atoms with van der Waals surface area (Å²) in [7, 11) is 1.46. The van der Waals surface area contributed by atoms with Crippen LogP contribution in [0.25, 0.3) is 0 Å². The summed E-state index contributed by atoms with van der Waals surface area (Å²) >= 11 is 0. The maximum absolute atomic E-state index is 11.8. The van der Waals surface area contributed by atoms with E-state index >= 15 is 0 Å². The highest BCUT2D eigenvalue weighted by atomic mass is 16.5. The monoisotopic (exact) mass is 301 g/mol. The average Bonchev–Trinajstić information content (AvgIpc) is 2.41. The van der Waals surface area contributed by atoms with Gasteiger partial charge in [0, 0.05) is 13.5 Å². The van der Waals surface area contributed by atoms with Gasteiger partial charge in [-0.2, -0.15) is 0 Å². The van der Waals surface area contributed by atoms with E-state index in [9.17, 15) is 19.6 Å². The van der Waals surface area contributed by atoms with E-state index in [-0.39, 0.29) is 23.3 Å². The van der Waals surface area contributed by atoms with Crippen LogP contribution in [0.5, 0.6) is 0 Å². The van der Waals surface area contributed by atoms with Crippen molar-refractivity contribution in [1.29, 1.82) is 0 Å². The molecule has 0 saturated carbocycles. The lowest BCUT2D eigenvalue weighted by molar-refractivity contribution is -0.153. The van der Waals surface area contributed by atoms with Crippen LogP contribution in [-0.4, -0.2) is 41.2 Å². The molecule has 0 aliphatic carbocycles. The maximum Gasteiger partial charge on any atom is 0.349 e. The van der Waals surface area contributed by atoms with Gasteiger partial charge >= 0.3 is 6.03 Å². The number of nitrogens with zero attached hydrogens (tertiary/aromatic N) is 1. The van der Waals surface area contributed by atoms with Crippen LogP contribution in [0, 0.1) is 11.8 Å². The van der Waals surface area contributed by atoms with Gasteiger partial charge in [0.05, 0.1) is 0 Å². The molecule has 0 aromatic heterocycles. The summed E-state index contributed by atoms with van der Waals surface area (Å²) in [6, 6.07) is -1.78. The molecule has 0 aliphatic rings. The Kier molecular flexibility index (Phi) is 8.61. The summed E-state index contributed by atoms with van der Waals surface area (Å²) in [5.41, 5.74) is 0. The van der Waals surface area contributed by atoms with E-state index in [0.717, 1.165) is 6.42 Å². The Morgan fingerprint density at radius 1 is 1.14 bits per heavy atom. The van der Waals surface area contributed by atoms with E-state index in [2.05, 4.69) is 10.6 Å². The quantitative estimate of drug-likeness (QED) is 0.490. The average molecular weight is 301 g/mol. The zero-order valence-electron chi connectivity index (χ0n) is 13.5. The molecule has 122 valence electrons. The van der Waals surface area contributed by atoms with E-state index in [4.69, 9.17) is 0 Å². The van der Waals surface area contributed by atoms with Crippen molar-refractivity contribution in [2.75, 3.05) is 7.05 Å². The third kappa shape index (κ3) is 7.08. The SMILES string of the molecule is CNC(=O)[C@@H](NC(=O)N(O)C(=O)CCCC(C)C)C(C)C. The molecule has 4 amide bonds. The lowest BCUT2D eigenvalue weighted by Gasteiger charge is -2.23. The second-order valence-corrected chi connectivity index (χ2v) is 5.78. The Morgan fingerprint density at radius 3 is 2.14 bits per heavy atom. The lowest BCUT2D eigenvalue weighted by atomic mass is 10.0. The highest BCUT2D eigenvalue weighted by molar-refractivity contribution is 5.95. The topological polar surface area (TPSA) is 98.7 Å². The minimum atomic E-state index is -0.980. The number of likely N-dealkylation sites (N-methyl/N-ethyl adjacent to an activating group) is 1. The molecule has 7 nitrogen and oxygen atoms in total. The molecular formula is C14H27N3O4. The number of urea groups is 1. The van der Waals surface area contributed by atoms with Gasteiger partial charge in [0.2, 0.25) is 5.91 Å². The minimum absolute atomic E-state index is 0.0542. The van der Waals surface area contributed by atoms with Crippen LogP contribution in [0.3, 0.4) is 0 Å². The van der Waals surface area contributed by atoms with Crippen LogP contribution in [0.4, 0.5) is 4.79 Å². The fourth-order valence-electron chi connectivity index (χ4n) is 1.77. The second kappa shape index (κ2) is 9.33. The van der Waals surface area contributed by atoms with Gasteiger partial charge in [-0.25, -0.2) is 4.79 Å². The van der Waals surface area contributed by atoms with Crippen molar-refractivity contribution in [2.45, 2.75) is 53.0 Å². The first-order valence-electron chi connectivity index (χ1n) is 7.24. The van der Waals surface area contributed by atoms with Crippen LogP contribution >= 0.6 is 0 Å². The summed E-state index contributed by atoms with van der Waals surface area (Å²) in [6.07, 6.45) is 1.53. The largest absolute Gasteiger partial charge is 0.357 e. The van der Waals surface area contributed by atoms with Crippen LogP contribution in [0.15, 0.2) is 0 Å². The number of carbonyl (C=O) groups is 3. The fraction of sp³-hybridized carbons (Fsp3) is 0.786. The van der Waals surface area contributed by atoms with Crippen LogP contribution in [-0.2, 0) is 9.59 Å². The third-order valence-electron chi connectivity index (χ3n) is 3.08. The van der Waals surface area contributed by atoms with E-state index < -0.39 is 18.0 Å². The van der Waals surface area contributed by atoms with Crippen molar-refractivity contribution in [1.82, 2.24) is 15.7 Å². The van der Waals surface area contributed by atoms with Gasteiger partial charge in [-0.15, -0.1) is 5.06 Å². The van der Waals surface area contributed by atoms with E-state index in [1.165, 1.54) is 7.05 Å². The molecule has 1 atom stereocenters. The number of nitrogens with one attached hydrogen (secondary N) is 2. The van der Waals surface area contributed by atoms with Crippen molar-refractivity contribution in [3.05, 3.63) is 0 Å². The molecule has 3 N–H and O–H groups in total. The molecule has 0 spiro atoms. The Morgan fingerprint density at radius 2 is 1.71 bits per heavy atom. The van der Waals surface area contributed by atoms with Gasteiger partial charge in [-0.3, -0.25) is 14.8 Å². The Bertz CT molecular complexity index is 369. The van der Waals surface area contributed by atoms with Crippen molar-refractivity contribution >= 4 is 17.8 Å². The summed E-state index contributed by atoms with van der Waals surface area (Å²) in [5, 5.41) is 14.4. The fourth-order valence-corrected chi connectivity index (χ4v) is 1.77. The minimum Gasteiger partial charge on any atom is -0.357 e. The van der Waals surface area contributed by atoms with Crippen molar-refractivity contribution < 1.29 is 19.6 Å². The standard InChI is InChI=1S/C14H27N3O4/c1-9(2)7-6-8-11(18)17(21)14(20)16-12(10(3)4)13(19)15-5/h9-10,12,21H,6-8H2,1-5H3,(H,15,19)(H,16,20)/t12-/m0/s1. The molecule has 0 rings (SSSR count). The maximum atomic E-state index is 11.8. The van der Waals surface area contributed by atoms with Crippen molar-refractivity contribution in [2.24, 2.45) is 11.8 Å². The van der Waals surface area contributed by atoms with Crippen molar-refractivity contribution in [3.63, 3.8) is 0 Å². The number of hydrogen-bond donors (Lipinski definition) is 3. The molecule has 21 heavy (non-hydrogen) atoms. The predicted molar refractivity (Wildman–Crippen MR) is 78.5 cm³/mol. The number of amides is 4. The summed E-state index contributed by atoms with van der Waals surface area (Å²) < 4.78 is 0. The van der Waals surface area contributed by atoms with E-state index in [1.807, 2.05) is 13.8 Å². The van der Waals surface area contributed by atoms with Gasteiger partial charge in [-0.05, 0) is 18.3 Å². The number of hydroxylamine groups is 2. The van der Waals surface area contributed by atoms with Crippen LogP contribution < -0.4 is 10.6 Å². The molecule has 0 saturated heterocycles. The zero-order chi connectivity index (χ0) is 16.6. The zero-order valence-corrected chi connectivity index (χ0v) is 13.5. The van der Waals surface area contributed by atoms with E-state index in [1.54, 1.807) is 13.8 Å². The number of imide groups is 1. The Hall–Kier alpha value is -1.63. The molecule has 0 aromatic rings. The molecule has 0 fully saturated rings. The molecule has 0 unspecified atom stereocenters. The van der Waals surface area contributed by atoms with Crippen molar-refractivity contribution in [3.8, 4) is 0 Å². The molecule has 0 aliphatic heterocycles. The summed E-state index contributed by atoms with van der Waals surface area (Å²) in [5.74, 6) is -0.762. The molecule has 0 heterocycles. The van der Waals surface area contributed by atoms with Gasteiger partial charge in [-0.1, -0.05) is 34.1 Å². The van der Waals surface area contributed by atoms with Crippen LogP contribution in [0.1, 0.15) is 47.0 Å². The predicted octanol–water partition coefficient (Wildman–Crippen LogP) is 1.51. The first-order valence-corrected chi connectivity index (χ1v) is 7.24. The normalized spacial score (nSPS) is 12.2. The van der Waals surface area contributed by atoms with Gasteiger partial charge in [0.1, 0.15) is 6.04 Å². The first-order chi connectivity index (χ1) is 9.70. The molecular weight excluding hydrogens is 274 g/mol. The highest BCUT2D eigenvalue weighted by Crippen LogP contribution is 2.08. The molecule has 0 aromatic carbocycles. The number of rotatable bonds is 7. The van der Waals surface area contributed by atoms with Gasteiger partial charge in [0.15, 0.2) is 0 Å². The first kappa shape index (κ1) is 19.4. The second-order valence-electron chi connectivity index (χ2n) is 5.78. The number of carbonyl (C=O) groups excluding carboxylic acids is 3.